The first kappa shape index (κ1) is 16.7. The quantitative estimate of drug-likeness (QED) is 0.802. The Balaban J connectivity index is 1.64. The highest BCUT2D eigenvalue weighted by Crippen LogP contribution is 2.18. The van der Waals surface area contributed by atoms with Crippen molar-refractivity contribution >= 4 is 11.7 Å². The minimum Gasteiger partial charge on any atom is -0.394 e. The first-order valence-corrected chi connectivity index (χ1v) is 8.16. The summed E-state index contributed by atoms with van der Waals surface area (Å²) in [5, 5.41) is 9.23. The van der Waals surface area contributed by atoms with Crippen LogP contribution < -0.4 is 0 Å². The molecule has 1 saturated heterocycles. The Morgan fingerprint density at radius 3 is 2.64 bits per heavy atom. The first-order chi connectivity index (χ1) is 10.7. The van der Waals surface area contributed by atoms with E-state index in [-0.39, 0.29) is 30.8 Å². The molecule has 0 spiro atoms. The van der Waals surface area contributed by atoms with Gasteiger partial charge in [-0.3, -0.25) is 9.59 Å². The highest BCUT2D eigenvalue weighted by atomic mass is 16.3. The van der Waals surface area contributed by atoms with Crippen LogP contribution in [0.4, 0.5) is 0 Å². The average molecular weight is 303 g/mol. The number of aliphatic hydroxyl groups is 1. The molecule has 1 amide bonds. The Morgan fingerprint density at radius 1 is 1.14 bits per heavy atom. The monoisotopic (exact) mass is 303 g/mol. The lowest BCUT2D eigenvalue weighted by Crippen LogP contribution is -2.37. The van der Waals surface area contributed by atoms with Gasteiger partial charge in [0, 0.05) is 25.8 Å². The minimum absolute atomic E-state index is 0.00737. The molecule has 1 N–H and O–H groups in total. The van der Waals surface area contributed by atoms with E-state index >= 15 is 0 Å². The molecule has 1 atom stereocenters. The van der Waals surface area contributed by atoms with E-state index in [9.17, 15) is 14.7 Å². The Kier molecular flexibility index (Phi) is 6.59. The van der Waals surface area contributed by atoms with Crippen LogP contribution in [0.1, 0.15) is 44.1 Å². The summed E-state index contributed by atoms with van der Waals surface area (Å²) in [5.41, 5.74) is 1.24. The molecule has 2 rings (SSSR count). The molecular formula is C18H25NO3. The Morgan fingerprint density at radius 2 is 1.91 bits per heavy atom. The van der Waals surface area contributed by atoms with Gasteiger partial charge in [0.1, 0.15) is 5.78 Å². The molecule has 0 aliphatic carbocycles. The van der Waals surface area contributed by atoms with Crippen molar-refractivity contribution in [3.8, 4) is 0 Å². The van der Waals surface area contributed by atoms with Crippen LogP contribution in [0.2, 0.25) is 0 Å². The fourth-order valence-corrected chi connectivity index (χ4v) is 3.00. The van der Waals surface area contributed by atoms with Gasteiger partial charge < -0.3 is 10.0 Å². The second-order valence-corrected chi connectivity index (χ2v) is 5.94. The van der Waals surface area contributed by atoms with E-state index < -0.39 is 0 Å². The lowest BCUT2D eigenvalue weighted by molar-refractivity contribution is -0.134. The van der Waals surface area contributed by atoms with Crippen molar-refractivity contribution in [3.63, 3.8) is 0 Å². The number of hydrogen-bond donors (Lipinski definition) is 1. The molecule has 1 aromatic rings. The van der Waals surface area contributed by atoms with Crippen molar-refractivity contribution in [2.45, 2.75) is 51.0 Å². The molecule has 0 radical (unpaired) electrons. The van der Waals surface area contributed by atoms with Crippen LogP contribution in [-0.4, -0.2) is 40.9 Å². The van der Waals surface area contributed by atoms with E-state index in [1.165, 1.54) is 5.56 Å². The highest BCUT2D eigenvalue weighted by Gasteiger charge is 2.27. The van der Waals surface area contributed by atoms with E-state index in [1.807, 2.05) is 18.2 Å². The second kappa shape index (κ2) is 8.69. The van der Waals surface area contributed by atoms with Gasteiger partial charge in [0.15, 0.2) is 0 Å². The molecule has 1 fully saturated rings. The maximum absolute atomic E-state index is 12.1. The van der Waals surface area contributed by atoms with E-state index in [0.717, 1.165) is 25.7 Å². The SMILES string of the molecule is O=C(CCCc1ccccc1)CCC(=O)N1CCC[C@H]1CO. The summed E-state index contributed by atoms with van der Waals surface area (Å²) in [5.74, 6) is 0.164. The third-order valence-electron chi connectivity index (χ3n) is 4.29. The van der Waals surface area contributed by atoms with Crippen molar-refractivity contribution in [1.82, 2.24) is 4.90 Å². The summed E-state index contributed by atoms with van der Waals surface area (Å²) in [6, 6.07) is 10.1. The third kappa shape index (κ3) is 4.95. The number of nitrogens with zero attached hydrogens (tertiary/aromatic N) is 1. The zero-order valence-electron chi connectivity index (χ0n) is 13.0. The summed E-state index contributed by atoms with van der Waals surface area (Å²) in [6.07, 6.45) is 4.68. The van der Waals surface area contributed by atoms with Crippen LogP contribution in [0.3, 0.4) is 0 Å². The van der Waals surface area contributed by atoms with Crippen molar-refractivity contribution in [3.05, 3.63) is 35.9 Å². The summed E-state index contributed by atoms with van der Waals surface area (Å²) >= 11 is 0. The fourth-order valence-electron chi connectivity index (χ4n) is 3.00. The molecule has 0 saturated carbocycles. The van der Waals surface area contributed by atoms with Crippen molar-refractivity contribution in [2.75, 3.05) is 13.2 Å². The number of Topliss-reactive ketones (excluding diaryl/α,β-unsaturated/α-hetero) is 1. The van der Waals surface area contributed by atoms with Gasteiger partial charge in [-0.25, -0.2) is 0 Å². The van der Waals surface area contributed by atoms with Crippen LogP contribution in [0.15, 0.2) is 30.3 Å². The van der Waals surface area contributed by atoms with Crippen molar-refractivity contribution in [2.24, 2.45) is 0 Å². The molecule has 1 aliphatic rings. The number of hydrogen-bond acceptors (Lipinski definition) is 3. The van der Waals surface area contributed by atoms with Gasteiger partial charge in [-0.1, -0.05) is 30.3 Å². The molecule has 1 heterocycles. The highest BCUT2D eigenvalue weighted by molar-refractivity contribution is 5.85. The predicted octanol–water partition coefficient (Wildman–Crippen LogP) is 2.34. The molecule has 120 valence electrons. The molecular weight excluding hydrogens is 278 g/mol. The van der Waals surface area contributed by atoms with Gasteiger partial charge in [0.2, 0.25) is 5.91 Å². The normalized spacial score (nSPS) is 17.7. The van der Waals surface area contributed by atoms with Crippen molar-refractivity contribution in [1.29, 1.82) is 0 Å². The van der Waals surface area contributed by atoms with Crippen molar-refractivity contribution < 1.29 is 14.7 Å². The molecule has 1 aromatic carbocycles. The molecule has 0 unspecified atom stereocenters. The number of ketones is 1. The summed E-state index contributed by atoms with van der Waals surface area (Å²) in [4.78, 5) is 25.7. The number of benzene rings is 1. The van der Waals surface area contributed by atoms with Crippen LogP contribution >= 0.6 is 0 Å². The van der Waals surface area contributed by atoms with Gasteiger partial charge in [0.05, 0.1) is 12.6 Å². The zero-order valence-corrected chi connectivity index (χ0v) is 13.0. The lowest BCUT2D eigenvalue weighted by Gasteiger charge is -2.22. The maximum Gasteiger partial charge on any atom is 0.223 e. The Hall–Kier alpha value is -1.68. The largest absolute Gasteiger partial charge is 0.394 e. The van der Waals surface area contributed by atoms with Crippen LogP contribution in [0.25, 0.3) is 0 Å². The number of likely N-dealkylation sites (tertiary alicyclic amines) is 1. The first-order valence-electron chi connectivity index (χ1n) is 8.16. The van der Waals surface area contributed by atoms with E-state index in [1.54, 1.807) is 4.90 Å². The smallest absolute Gasteiger partial charge is 0.223 e. The molecule has 1 aliphatic heterocycles. The molecule has 0 bridgehead atoms. The summed E-state index contributed by atoms with van der Waals surface area (Å²) in [6.45, 7) is 0.739. The van der Waals surface area contributed by atoms with E-state index in [2.05, 4.69) is 12.1 Å². The number of rotatable bonds is 8. The van der Waals surface area contributed by atoms with Crippen LogP contribution in [0.5, 0.6) is 0 Å². The molecule has 4 nitrogen and oxygen atoms in total. The number of aliphatic hydroxyl groups excluding tert-OH is 1. The van der Waals surface area contributed by atoms with Gasteiger partial charge in [-0.05, 0) is 31.2 Å². The third-order valence-corrected chi connectivity index (χ3v) is 4.29. The molecule has 22 heavy (non-hydrogen) atoms. The van der Waals surface area contributed by atoms with E-state index in [4.69, 9.17) is 0 Å². The maximum atomic E-state index is 12.1. The average Bonchev–Trinajstić information content (AvgIpc) is 3.02. The topological polar surface area (TPSA) is 57.6 Å². The Labute approximate surface area is 132 Å². The van der Waals surface area contributed by atoms with Gasteiger partial charge >= 0.3 is 0 Å². The predicted molar refractivity (Wildman–Crippen MR) is 85.4 cm³/mol. The van der Waals surface area contributed by atoms with Crippen LogP contribution in [0, 0.1) is 0 Å². The number of aryl methyl sites for hydroxylation is 1. The standard InChI is InChI=1S/C18H25NO3/c20-14-16-9-5-13-19(16)18(22)12-11-17(21)10-4-8-15-6-2-1-3-7-15/h1-3,6-7,16,20H,4-5,8-14H2/t16-/m0/s1. The zero-order chi connectivity index (χ0) is 15.8. The number of amides is 1. The molecule has 4 heteroatoms. The van der Waals surface area contributed by atoms with E-state index in [0.29, 0.717) is 19.4 Å². The number of carbonyl (C=O) groups is 2. The minimum atomic E-state index is -0.0410. The summed E-state index contributed by atoms with van der Waals surface area (Å²) in [7, 11) is 0. The Bertz CT molecular complexity index is 486. The summed E-state index contributed by atoms with van der Waals surface area (Å²) < 4.78 is 0. The van der Waals surface area contributed by atoms with Gasteiger partial charge in [0.25, 0.3) is 0 Å². The number of carbonyl (C=O) groups excluding carboxylic acids is 2. The van der Waals surface area contributed by atoms with Gasteiger partial charge in [-0.2, -0.15) is 0 Å². The van der Waals surface area contributed by atoms with Gasteiger partial charge in [-0.15, -0.1) is 0 Å². The lowest BCUT2D eigenvalue weighted by atomic mass is 10.0. The molecule has 0 aromatic heterocycles. The van der Waals surface area contributed by atoms with Crippen LogP contribution in [-0.2, 0) is 16.0 Å². The fraction of sp³-hybridized carbons (Fsp3) is 0.556. The second-order valence-electron chi connectivity index (χ2n) is 5.94.